The van der Waals surface area contributed by atoms with Gasteiger partial charge in [0, 0.05) is 37.5 Å². The molecule has 0 unspecified atom stereocenters. The maximum atomic E-state index is 13.8. The maximum absolute atomic E-state index is 13.8. The molecule has 196 valence electrons. The predicted molar refractivity (Wildman–Crippen MR) is 132 cm³/mol. The summed E-state index contributed by atoms with van der Waals surface area (Å²) in [7, 11) is 1.09. The number of rotatable bonds is 5. The summed E-state index contributed by atoms with van der Waals surface area (Å²) < 4.78 is 74.6. The average molecular weight is 536 g/mol. The standard InChI is InChI=1S/C24H24F3N5O4S/c1-30(2)22(29-37(4,34)35)15-5-7-16(8-6-15)31-14-13-19-20(23(31)33)32(28-21(19)24(25,26)27)17-9-11-18(36-3)12-10-17/h5-12H,13-14H2,1-4H3/b29-22+. The summed E-state index contributed by atoms with van der Waals surface area (Å²) in [4.78, 5) is 16.5. The van der Waals surface area contributed by atoms with E-state index in [1.807, 2.05) is 0 Å². The van der Waals surface area contributed by atoms with Crippen molar-refractivity contribution in [2.75, 3.05) is 38.9 Å². The largest absolute Gasteiger partial charge is 0.497 e. The Balaban J connectivity index is 1.75. The number of carbonyl (C=O) groups is 1. The Kier molecular flexibility index (Phi) is 6.76. The molecule has 1 amide bonds. The molecule has 2 aromatic carbocycles. The van der Waals surface area contributed by atoms with E-state index in [4.69, 9.17) is 4.74 Å². The van der Waals surface area contributed by atoms with Gasteiger partial charge in [-0.05, 0) is 55.0 Å². The van der Waals surface area contributed by atoms with Gasteiger partial charge in [-0.15, -0.1) is 4.40 Å². The highest BCUT2D eigenvalue weighted by Gasteiger charge is 2.43. The van der Waals surface area contributed by atoms with E-state index in [1.165, 1.54) is 24.1 Å². The third kappa shape index (κ3) is 5.31. The molecule has 0 fully saturated rings. The minimum atomic E-state index is -4.73. The number of benzene rings is 2. The first kappa shape index (κ1) is 26.2. The number of aromatic nitrogens is 2. The van der Waals surface area contributed by atoms with Gasteiger partial charge >= 0.3 is 6.18 Å². The highest BCUT2D eigenvalue weighted by Crippen LogP contribution is 2.37. The second kappa shape index (κ2) is 9.54. The van der Waals surface area contributed by atoms with Gasteiger partial charge in [-0.2, -0.15) is 18.3 Å². The monoisotopic (exact) mass is 535 g/mol. The molecule has 0 atom stereocenters. The highest BCUT2D eigenvalue weighted by atomic mass is 32.2. The molecule has 2 heterocycles. The molecule has 0 N–H and O–H groups in total. The zero-order chi connectivity index (χ0) is 27.1. The molecule has 0 radical (unpaired) electrons. The van der Waals surface area contributed by atoms with Crippen molar-refractivity contribution in [1.82, 2.24) is 14.7 Å². The normalized spacial score (nSPS) is 14.5. The van der Waals surface area contributed by atoms with E-state index < -0.39 is 27.8 Å². The number of halogens is 3. The van der Waals surface area contributed by atoms with Gasteiger partial charge < -0.3 is 14.5 Å². The van der Waals surface area contributed by atoms with Crippen LogP contribution in [0.25, 0.3) is 5.69 Å². The lowest BCUT2D eigenvalue weighted by molar-refractivity contribution is -0.141. The van der Waals surface area contributed by atoms with Gasteiger partial charge in [-0.1, -0.05) is 0 Å². The van der Waals surface area contributed by atoms with Crippen molar-refractivity contribution in [2.24, 2.45) is 4.40 Å². The molecule has 4 rings (SSSR count). The lowest BCUT2D eigenvalue weighted by Crippen LogP contribution is -2.39. The van der Waals surface area contributed by atoms with Crippen LogP contribution >= 0.6 is 0 Å². The van der Waals surface area contributed by atoms with Gasteiger partial charge in [0.2, 0.25) is 0 Å². The SMILES string of the molecule is COc1ccc(-n2nc(C(F)(F)F)c3c2C(=O)N(c2ccc(/C(=N\S(C)(=O)=O)N(C)C)cc2)CC3)cc1. The van der Waals surface area contributed by atoms with E-state index in [-0.39, 0.29) is 35.7 Å². The molecular formula is C24H24F3N5O4S. The zero-order valence-corrected chi connectivity index (χ0v) is 21.3. The maximum Gasteiger partial charge on any atom is 0.435 e. The van der Waals surface area contributed by atoms with E-state index in [9.17, 15) is 26.4 Å². The van der Waals surface area contributed by atoms with Crippen LogP contribution in [0.4, 0.5) is 18.9 Å². The Hall–Kier alpha value is -3.87. The van der Waals surface area contributed by atoms with E-state index in [2.05, 4.69) is 9.50 Å². The van der Waals surface area contributed by atoms with Crippen LogP contribution in [0.15, 0.2) is 52.9 Å². The molecule has 3 aromatic rings. The second-order valence-electron chi connectivity index (χ2n) is 8.58. The van der Waals surface area contributed by atoms with Crippen LogP contribution in [-0.4, -0.2) is 68.8 Å². The Morgan fingerprint density at radius 1 is 1.05 bits per heavy atom. The van der Waals surface area contributed by atoms with Crippen molar-refractivity contribution in [2.45, 2.75) is 12.6 Å². The molecule has 1 aromatic heterocycles. The van der Waals surface area contributed by atoms with E-state index in [0.717, 1.165) is 10.9 Å². The minimum absolute atomic E-state index is 0.0144. The van der Waals surface area contributed by atoms with Crippen molar-refractivity contribution in [3.05, 3.63) is 71.0 Å². The number of sulfonamides is 1. The van der Waals surface area contributed by atoms with Crippen molar-refractivity contribution < 1.29 is 31.1 Å². The Morgan fingerprint density at radius 3 is 2.16 bits per heavy atom. The van der Waals surface area contributed by atoms with Crippen molar-refractivity contribution in [1.29, 1.82) is 0 Å². The summed E-state index contributed by atoms with van der Waals surface area (Å²) in [5.74, 6) is 0.0736. The predicted octanol–water partition coefficient (Wildman–Crippen LogP) is 3.37. The van der Waals surface area contributed by atoms with Crippen molar-refractivity contribution in [3.63, 3.8) is 0 Å². The van der Waals surface area contributed by atoms with Crippen LogP contribution in [0.5, 0.6) is 5.75 Å². The number of ether oxygens (including phenoxy) is 1. The second-order valence-corrected chi connectivity index (χ2v) is 10.2. The number of amides is 1. The van der Waals surface area contributed by atoms with Gasteiger partial charge in [0.05, 0.1) is 19.1 Å². The summed E-state index contributed by atoms with van der Waals surface area (Å²) in [5, 5.41) is 3.78. The molecule has 0 aliphatic carbocycles. The number of anilines is 1. The van der Waals surface area contributed by atoms with Gasteiger partial charge in [0.25, 0.3) is 15.9 Å². The first-order valence-corrected chi connectivity index (χ1v) is 12.9. The first-order chi connectivity index (χ1) is 17.3. The summed E-state index contributed by atoms with van der Waals surface area (Å²) >= 11 is 0. The van der Waals surface area contributed by atoms with Crippen LogP contribution in [-0.2, 0) is 22.6 Å². The quantitative estimate of drug-likeness (QED) is 0.367. The number of alkyl halides is 3. The van der Waals surface area contributed by atoms with E-state index in [1.54, 1.807) is 55.4 Å². The first-order valence-electron chi connectivity index (χ1n) is 11.0. The fourth-order valence-corrected chi connectivity index (χ4v) is 4.67. The summed E-state index contributed by atoms with van der Waals surface area (Å²) in [6.45, 7) is 0.0144. The van der Waals surface area contributed by atoms with Crippen LogP contribution in [0, 0.1) is 0 Å². The van der Waals surface area contributed by atoms with Gasteiger partial charge in [0.15, 0.2) is 5.69 Å². The summed E-state index contributed by atoms with van der Waals surface area (Å²) in [5.41, 5.74) is -0.198. The summed E-state index contributed by atoms with van der Waals surface area (Å²) in [6, 6.07) is 12.6. The van der Waals surface area contributed by atoms with Gasteiger partial charge in [-0.3, -0.25) is 4.79 Å². The molecule has 1 aliphatic rings. The molecule has 0 bridgehead atoms. The number of nitrogens with zero attached hydrogens (tertiary/aromatic N) is 5. The highest BCUT2D eigenvalue weighted by molar-refractivity contribution is 7.89. The molecule has 13 heteroatoms. The molecule has 0 spiro atoms. The smallest absolute Gasteiger partial charge is 0.435 e. The van der Waals surface area contributed by atoms with Gasteiger partial charge in [-0.25, -0.2) is 13.1 Å². The summed E-state index contributed by atoms with van der Waals surface area (Å²) in [6.07, 6.45) is -3.80. The fourth-order valence-electron chi connectivity index (χ4n) is 4.08. The fraction of sp³-hybridized carbons (Fsp3) is 0.292. The molecule has 37 heavy (non-hydrogen) atoms. The number of carbonyl (C=O) groups excluding carboxylic acids is 1. The van der Waals surface area contributed by atoms with Crippen molar-refractivity contribution in [3.8, 4) is 11.4 Å². The van der Waals surface area contributed by atoms with Crippen LogP contribution in [0.3, 0.4) is 0 Å². The van der Waals surface area contributed by atoms with E-state index in [0.29, 0.717) is 17.0 Å². The number of hydrogen-bond acceptors (Lipinski definition) is 5. The molecular weight excluding hydrogens is 511 g/mol. The van der Waals surface area contributed by atoms with Gasteiger partial charge in [0.1, 0.15) is 17.3 Å². The molecule has 0 saturated heterocycles. The van der Waals surface area contributed by atoms with Crippen LogP contribution in [0.2, 0.25) is 0 Å². The lowest BCUT2D eigenvalue weighted by atomic mass is 10.0. The Bertz CT molecular complexity index is 1460. The third-order valence-electron chi connectivity index (χ3n) is 5.72. The number of amidine groups is 1. The number of hydrogen-bond donors (Lipinski definition) is 0. The molecule has 1 aliphatic heterocycles. The molecule has 0 saturated carbocycles. The van der Waals surface area contributed by atoms with Crippen molar-refractivity contribution >= 4 is 27.5 Å². The lowest BCUT2D eigenvalue weighted by Gasteiger charge is -2.28. The number of methoxy groups -OCH3 is 1. The zero-order valence-electron chi connectivity index (χ0n) is 20.4. The Labute approximate surface area is 211 Å². The topological polar surface area (TPSA) is 97.1 Å². The Morgan fingerprint density at radius 2 is 1.65 bits per heavy atom. The van der Waals surface area contributed by atoms with Crippen LogP contribution in [0.1, 0.15) is 27.3 Å². The van der Waals surface area contributed by atoms with Crippen LogP contribution < -0.4 is 9.64 Å². The molecule has 9 nitrogen and oxygen atoms in total. The number of fused-ring (bicyclic) bond motifs is 1. The average Bonchev–Trinajstić information content (AvgIpc) is 3.24. The third-order valence-corrected chi connectivity index (χ3v) is 6.22. The minimum Gasteiger partial charge on any atom is -0.497 e. The van der Waals surface area contributed by atoms with E-state index >= 15 is 0 Å².